The predicted octanol–water partition coefficient (Wildman–Crippen LogP) is 3.10. The first kappa shape index (κ1) is 16.4. The largest absolute Gasteiger partial charge is 0.354 e. The third kappa shape index (κ3) is 3.35. The number of piperazine rings is 1. The van der Waals surface area contributed by atoms with E-state index in [9.17, 15) is 8.78 Å². The second-order valence-electron chi connectivity index (χ2n) is 6.72. The summed E-state index contributed by atoms with van der Waals surface area (Å²) in [5.74, 6) is 0.108. The Morgan fingerprint density at radius 1 is 0.960 bits per heavy atom. The van der Waals surface area contributed by atoms with Crippen molar-refractivity contribution in [1.82, 2.24) is 15.3 Å². The Balaban J connectivity index is 1.83. The number of benzene rings is 1. The van der Waals surface area contributed by atoms with Crippen LogP contribution in [0, 0.1) is 11.6 Å². The van der Waals surface area contributed by atoms with Crippen molar-refractivity contribution in [3.05, 3.63) is 41.1 Å². The fourth-order valence-corrected chi connectivity index (χ4v) is 3.68. The maximum atomic E-state index is 14.3. The highest BCUT2D eigenvalue weighted by molar-refractivity contribution is 5.61. The molecular weight excluding hydrogens is 322 g/mol. The van der Waals surface area contributed by atoms with E-state index < -0.39 is 11.6 Å². The van der Waals surface area contributed by atoms with Crippen molar-refractivity contribution in [2.75, 3.05) is 31.1 Å². The van der Waals surface area contributed by atoms with Crippen LogP contribution in [0.2, 0.25) is 0 Å². The zero-order chi connectivity index (χ0) is 17.2. The molecule has 0 atom stereocenters. The molecule has 6 heteroatoms. The van der Waals surface area contributed by atoms with Crippen LogP contribution in [-0.2, 0) is 12.8 Å². The summed E-state index contributed by atoms with van der Waals surface area (Å²) in [6, 6.07) is 3.59. The van der Waals surface area contributed by atoms with Crippen LogP contribution < -0.4 is 10.2 Å². The monoisotopic (exact) mass is 344 g/mol. The van der Waals surface area contributed by atoms with Crippen molar-refractivity contribution >= 4 is 5.82 Å². The smallest absolute Gasteiger partial charge is 0.164 e. The molecule has 1 aromatic heterocycles. The minimum atomic E-state index is -0.611. The molecule has 1 fully saturated rings. The lowest BCUT2D eigenvalue weighted by Crippen LogP contribution is -2.44. The Kier molecular flexibility index (Phi) is 4.61. The third-order valence-corrected chi connectivity index (χ3v) is 5.00. The third-order valence-electron chi connectivity index (χ3n) is 5.00. The van der Waals surface area contributed by atoms with Gasteiger partial charge >= 0.3 is 0 Å². The molecule has 132 valence electrons. The number of hydrogen-bond acceptors (Lipinski definition) is 4. The molecule has 0 radical (unpaired) electrons. The van der Waals surface area contributed by atoms with E-state index in [1.165, 1.54) is 24.1 Å². The molecule has 0 unspecified atom stereocenters. The average Bonchev–Trinajstić information content (AvgIpc) is 2.87. The van der Waals surface area contributed by atoms with Gasteiger partial charge in [0.25, 0.3) is 0 Å². The highest BCUT2D eigenvalue weighted by Crippen LogP contribution is 2.31. The zero-order valence-corrected chi connectivity index (χ0v) is 14.2. The van der Waals surface area contributed by atoms with Crippen LogP contribution in [-0.4, -0.2) is 36.1 Å². The molecule has 1 aliphatic heterocycles. The van der Waals surface area contributed by atoms with Crippen molar-refractivity contribution in [2.24, 2.45) is 0 Å². The maximum absolute atomic E-state index is 14.3. The summed E-state index contributed by atoms with van der Waals surface area (Å²) in [7, 11) is 0. The number of nitrogens with zero attached hydrogens (tertiary/aromatic N) is 3. The van der Waals surface area contributed by atoms with Crippen LogP contribution in [0.3, 0.4) is 0 Å². The van der Waals surface area contributed by atoms with Crippen molar-refractivity contribution < 1.29 is 8.78 Å². The molecule has 1 N–H and O–H groups in total. The summed E-state index contributed by atoms with van der Waals surface area (Å²) >= 11 is 0. The molecule has 2 aromatic rings. The standard InChI is InChI=1S/C19H22F2N4/c20-13-6-7-14(16(21)12-13)18-23-17-5-3-1-2-4-15(17)19(24-18)25-10-8-22-9-11-25/h6-7,12,22H,1-5,8-11H2. The SMILES string of the molecule is Fc1ccc(-c2nc3c(c(N4CCNCC4)n2)CCCCC3)c(F)c1. The first-order valence-electron chi connectivity index (χ1n) is 9.03. The summed E-state index contributed by atoms with van der Waals surface area (Å²) in [4.78, 5) is 11.7. The molecule has 1 aromatic carbocycles. The number of fused-ring (bicyclic) bond motifs is 1. The number of rotatable bonds is 2. The number of aryl methyl sites for hydroxylation is 1. The minimum absolute atomic E-state index is 0.268. The van der Waals surface area contributed by atoms with Gasteiger partial charge in [-0.15, -0.1) is 0 Å². The maximum Gasteiger partial charge on any atom is 0.164 e. The van der Waals surface area contributed by atoms with E-state index in [1.807, 2.05) is 0 Å². The Labute approximate surface area is 146 Å². The van der Waals surface area contributed by atoms with Gasteiger partial charge in [0, 0.05) is 43.5 Å². The molecule has 2 heterocycles. The predicted molar refractivity (Wildman–Crippen MR) is 93.7 cm³/mol. The number of halogens is 2. The second kappa shape index (κ2) is 7.04. The number of aromatic nitrogens is 2. The van der Waals surface area contributed by atoms with E-state index in [4.69, 9.17) is 4.98 Å². The molecule has 4 rings (SSSR count). The molecule has 0 saturated carbocycles. The minimum Gasteiger partial charge on any atom is -0.354 e. The lowest BCUT2D eigenvalue weighted by molar-refractivity contribution is 0.580. The first-order valence-corrected chi connectivity index (χ1v) is 9.03. The van der Waals surface area contributed by atoms with Gasteiger partial charge in [-0.3, -0.25) is 0 Å². The Morgan fingerprint density at radius 2 is 1.76 bits per heavy atom. The van der Waals surface area contributed by atoms with Crippen LogP contribution >= 0.6 is 0 Å². The Morgan fingerprint density at radius 3 is 2.56 bits per heavy atom. The number of hydrogen-bond donors (Lipinski definition) is 1. The van der Waals surface area contributed by atoms with E-state index >= 15 is 0 Å². The molecule has 0 bridgehead atoms. The van der Waals surface area contributed by atoms with Crippen LogP contribution in [0.15, 0.2) is 18.2 Å². The fraction of sp³-hybridized carbons (Fsp3) is 0.474. The Bertz CT molecular complexity index is 772. The van der Waals surface area contributed by atoms with Crippen molar-refractivity contribution in [2.45, 2.75) is 32.1 Å². The van der Waals surface area contributed by atoms with Gasteiger partial charge in [-0.2, -0.15) is 0 Å². The zero-order valence-electron chi connectivity index (χ0n) is 14.2. The van der Waals surface area contributed by atoms with Gasteiger partial charge in [-0.05, 0) is 37.8 Å². The van der Waals surface area contributed by atoms with Crippen LogP contribution in [0.5, 0.6) is 0 Å². The van der Waals surface area contributed by atoms with Gasteiger partial charge in [-0.25, -0.2) is 18.7 Å². The van der Waals surface area contributed by atoms with Gasteiger partial charge in [0.2, 0.25) is 0 Å². The van der Waals surface area contributed by atoms with E-state index in [0.717, 1.165) is 69.4 Å². The molecule has 25 heavy (non-hydrogen) atoms. The summed E-state index contributed by atoms with van der Waals surface area (Å²) < 4.78 is 27.5. The highest BCUT2D eigenvalue weighted by atomic mass is 19.1. The molecule has 0 amide bonds. The highest BCUT2D eigenvalue weighted by Gasteiger charge is 2.23. The summed E-state index contributed by atoms with van der Waals surface area (Å²) in [6.07, 6.45) is 5.28. The van der Waals surface area contributed by atoms with E-state index in [1.54, 1.807) is 0 Å². The normalized spacial score (nSPS) is 17.9. The summed E-state index contributed by atoms with van der Waals surface area (Å²) in [5.41, 5.74) is 2.51. The Hall–Kier alpha value is -2.08. The molecular formula is C19H22F2N4. The lowest BCUT2D eigenvalue weighted by Gasteiger charge is -2.31. The molecule has 1 aliphatic carbocycles. The van der Waals surface area contributed by atoms with E-state index in [-0.39, 0.29) is 5.56 Å². The molecule has 0 spiro atoms. The summed E-state index contributed by atoms with van der Waals surface area (Å²) in [6.45, 7) is 3.60. The van der Waals surface area contributed by atoms with Crippen molar-refractivity contribution in [3.8, 4) is 11.4 Å². The van der Waals surface area contributed by atoms with Crippen molar-refractivity contribution in [3.63, 3.8) is 0 Å². The molecule has 2 aliphatic rings. The van der Waals surface area contributed by atoms with E-state index in [2.05, 4.69) is 15.2 Å². The van der Waals surface area contributed by atoms with Gasteiger partial charge in [0.1, 0.15) is 17.5 Å². The van der Waals surface area contributed by atoms with Gasteiger partial charge in [0.05, 0.1) is 5.56 Å². The first-order chi connectivity index (χ1) is 12.2. The number of nitrogens with one attached hydrogen (secondary N) is 1. The van der Waals surface area contributed by atoms with Gasteiger partial charge < -0.3 is 10.2 Å². The van der Waals surface area contributed by atoms with Gasteiger partial charge in [0.15, 0.2) is 5.82 Å². The lowest BCUT2D eigenvalue weighted by atomic mass is 10.1. The second-order valence-corrected chi connectivity index (χ2v) is 6.72. The van der Waals surface area contributed by atoms with E-state index in [0.29, 0.717) is 5.82 Å². The molecule has 4 nitrogen and oxygen atoms in total. The van der Waals surface area contributed by atoms with Crippen LogP contribution in [0.4, 0.5) is 14.6 Å². The fourth-order valence-electron chi connectivity index (χ4n) is 3.68. The van der Waals surface area contributed by atoms with Gasteiger partial charge in [-0.1, -0.05) is 6.42 Å². The quantitative estimate of drug-likeness (QED) is 0.850. The van der Waals surface area contributed by atoms with Crippen LogP contribution in [0.25, 0.3) is 11.4 Å². The number of anilines is 1. The topological polar surface area (TPSA) is 41.1 Å². The average molecular weight is 344 g/mol. The van der Waals surface area contributed by atoms with Crippen molar-refractivity contribution in [1.29, 1.82) is 0 Å². The molecule has 1 saturated heterocycles. The summed E-state index contributed by atoms with van der Waals surface area (Å²) in [5, 5.41) is 3.35. The van der Waals surface area contributed by atoms with Crippen LogP contribution in [0.1, 0.15) is 30.5 Å².